The lowest BCUT2D eigenvalue weighted by Crippen LogP contribution is -2.50. The lowest BCUT2D eigenvalue weighted by Gasteiger charge is -2.45. The van der Waals surface area contributed by atoms with Crippen LogP contribution in [0.15, 0.2) is 70.4 Å². The molecule has 1 unspecified atom stereocenters. The first-order valence-corrected chi connectivity index (χ1v) is 15.7. The zero-order valence-electron chi connectivity index (χ0n) is 25.0. The second-order valence-electron chi connectivity index (χ2n) is 12.8. The summed E-state index contributed by atoms with van der Waals surface area (Å²) in [6.07, 6.45) is 8.82. The number of likely N-dealkylation sites (tertiary alicyclic amines) is 1. The van der Waals surface area contributed by atoms with Gasteiger partial charge in [0, 0.05) is 44.5 Å². The minimum Gasteiger partial charge on any atom is -0.338 e. The van der Waals surface area contributed by atoms with Crippen molar-refractivity contribution < 1.29 is 4.79 Å². The molecule has 0 radical (unpaired) electrons. The van der Waals surface area contributed by atoms with Crippen molar-refractivity contribution in [2.24, 2.45) is 7.05 Å². The number of rotatable bonds is 6. The molecule has 9 heteroatoms. The third kappa shape index (κ3) is 4.83. The number of aryl methyl sites for hydroxylation is 1. The number of imidazole rings is 1. The number of piperidine rings is 2. The first-order valence-electron chi connectivity index (χ1n) is 15.7. The van der Waals surface area contributed by atoms with Gasteiger partial charge in [-0.2, -0.15) is 0 Å². The van der Waals surface area contributed by atoms with Gasteiger partial charge in [-0.25, -0.2) is 9.78 Å². The van der Waals surface area contributed by atoms with Gasteiger partial charge in [0.15, 0.2) is 0 Å². The molecule has 4 aromatic rings. The van der Waals surface area contributed by atoms with Crippen molar-refractivity contribution in [3.8, 4) is 0 Å². The number of hydrogen-bond acceptors (Lipinski definition) is 5. The van der Waals surface area contributed by atoms with Gasteiger partial charge in [-0.05, 0) is 81.5 Å². The Morgan fingerprint density at radius 2 is 1.63 bits per heavy atom. The maximum Gasteiger partial charge on any atom is 0.328 e. The first kappa shape index (κ1) is 27.8. The van der Waals surface area contributed by atoms with Crippen molar-refractivity contribution in [1.82, 2.24) is 28.9 Å². The van der Waals surface area contributed by atoms with Crippen LogP contribution < -0.4 is 11.2 Å². The van der Waals surface area contributed by atoms with Crippen LogP contribution in [0.25, 0.3) is 11.0 Å². The van der Waals surface area contributed by atoms with Gasteiger partial charge in [0.05, 0.1) is 11.0 Å². The minimum absolute atomic E-state index is 0.0228. The van der Waals surface area contributed by atoms with Crippen LogP contribution >= 0.6 is 0 Å². The summed E-state index contributed by atoms with van der Waals surface area (Å²) in [4.78, 5) is 49.7. The van der Waals surface area contributed by atoms with Crippen LogP contribution in [-0.4, -0.2) is 66.5 Å². The maximum absolute atomic E-state index is 13.3. The molecule has 2 aromatic carbocycles. The number of H-pyrrole nitrogens is 1. The van der Waals surface area contributed by atoms with Gasteiger partial charge in [-0.3, -0.25) is 19.1 Å². The van der Waals surface area contributed by atoms with Gasteiger partial charge < -0.3 is 14.5 Å². The highest BCUT2D eigenvalue weighted by Gasteiger charge is 2.44. The van der Waals surface area contributed by atoms with E-state index in [0.717, 1.165) is 54.6 Å². The van der Waals surface area contributed by atoms with Crippen LogP contribution in [0.4, 0.5) is 0 Å². The van der Waals surface area contributed by atoms with Crippen molar-refractivity contribution in [2.45, 2.75) is 75.4 Å². The molecule has 7 rings (SSSR count). The Bertz CT molecular complexity index is 1750. The van der Waals surface area contributed by atoms with Crippen molar-refractivity contribution >= 4 is 16.9 Å². The van der Waals surface area contributed by atoms with Gasteiger partial charge >= 0.3 is 5.69 Å². The summed E-state index contributed by atoms with van der Waals surface area (Å²) in [7, 11) is 1.39. The van der Waals surface area contributed by atoms with Gasteiger partial charge in [0.25, 0.3) is 11.5 Å². The lowest BCUT2D eigenvalue weighted by molar-refractivity contribution is 0.0604. The highest BCUT2D eigenvalue weighted by molar-refractivity contribution is 5.93. The third-order valence-electron chi connectivity index (χ3n) is 10.6. The molecule has 3 saturated heterocycles. The number of benzene rings is 2. The number of amides is 1. The smallest absolute Gasteiger partial charge is 0.328 e. The summed E-state index contributed by atoms with van der Waals surface area (Å²) in [5.74, 6) is 0.809. The van der Waals surface area contributed by atoms with Crippen LogP contribution in [0.2, 0.25) is 0 Å². The summed E-state index contributed by atoms with van der Waals surface area (Å²) in [6.45, 7) is 4.36. The highest BCUT2D eigenvalue weighted by Crippen LogP contribution is 2.45. The predicted octanol–water partition coefficient (Wildman–Crippen LogP) is 4.16. The second kappa shape index (κ2) is 10.9. The molecule has 3 aliphatic heterocycles. The fourth-order valence-electron chi connectivity index (χ4n) is 8.29. The average Bonchev–Trinajstić information content (AvgIpc) is 3.49. The van der Waals surface area contributed by atoms with E-state index in [1.54, 1.807) is 4.90 Å². The average molecular weight is 581 g/mol. The molecule has 0 saturated carbocycles. The number of carbonyl (C=O) groups is 1. The quantitative estimate of drug-likeness (QED) is 0.370. The lowest BCUT2D eigenvalue weighted by atomic mass is 9.70. The van der Waals surface area contributed by atoms with Gasteiger partial charge in [-0.15, -0.1) is 0 Å². The van der Waals surface area contributed by atoms with Crippen LogP contribution in [0.1, 0.15) is 72.7 Å². The Morgan fingerprint density at radius 3 is 2.35 bits per heavy atom. The molecule has 2 bridgehead atoms. The molecule has 3 atom stereocenters. The number of fused-ring (bicyclic) bond motifs is 3. The first-order chi connectivity index (χ1) is 20.8. The topological polar surface area (TPSA) is 96.2 Å². The van der Waals surface area contributed by atoms with E-state index in [1.165, 1.54) is 37.2 Å². The second-order valence-corrected chi connectivity index (χ2v) is 12.8. The standard InChI is InChI=1S/C34H40N6O3/c1-23-36-29-10-6-7-11-30(29)40(23)27-20-25-12-13-26(21-27)39(25)19-16-34(24-8-4-3-5-9-24)14-17-38(18-15-34)32(42)28-22-35-33(43)37(2)31(28)41/h3-11,22,25-27H,12-21H2,1-2H3,(H,35,43)/t25-,26+,27?. The molecule has 1 N–H and O–H groups in total. The van der Waals surface area contributed by atoms with E-state index < -0.39 is 11.2 Å². The monoisotopic (exact) mass is 580 g/mol. The number of nitrogens with zero attached hydrogens (tertiary/aromatic N) is 5. The van der Waals surface area contributed by atoms with Crippen molar-refractivity contribution in [2.75, 3.05) is 19.6 Å². The SMILES string of the molecule is Cc1nc2ccccc2n1C1C[C@H]2CC[C@@H](C1)N2CCC1(c2ccccc2)CCN(C(=O)c2c[nH]c(=O)n(C)c2=O)CC1. The van der Waals surface area contributed by atoms with E-state index in [1.807, 2.05) is 0 Å². The summed E-state index contributed by atoms with van der Waals surface area (Å²) < 4.78 is 3.45. The van der Waals surface area contributed by atoms with Crippen LogP contribution in [0.3, 0.4) is 0 Å². The third-order valence-corrected chi connectivity index (χ3v) is 10.6. The number of nitrogens with one attached hydrogen (secondary N) is 1. The Hall–Kier alpha value is -3.98. The Balaban J connectivity index is 1.07. The highest BCUT2D eigenvalue weighted by atomic mass is 16.2. The van der Waals surface area contributed by atoms with Gasteiger partial charge in [-0.1, -0.05) is 42.5 Å². The molecular weight excluding hydrogens is 540 g/mol. The van der Waals surface area contributed by atoms with E-state index in [-0.39, 0.29) is 16.9 Å². The molecule has 3 fully saturated rings. The summed E-state index contributed by atoms with van der Waals surface area (Å²) in [5, 5.41) is 0. The Morgan fingerprint density at radius 1 is 0.953 bits per heavy atom. The molecule has 1 amide bonds. The van der Waals surface area contributed by atoms with E-state index in [9.17, 15) is 14.4 Å². The Labute approximate surface area is 251 Å². The number of aromatic amines is 1. The molecule has 5 heterocycles. The molecule has 43 heavy (non-hydrogen) atoms. The zero-order valence-corrected chi connectivity index (χ0v) is 25.0. The molecule has 3 aliphatic rings. The number of aromatic nitrogens is 4. The summed E-state index contributed by atoms with van der Waals surface area (Å²) in [5.41, 5.74) is 2.61. The van der Waals surface area contributed by atoms with E-state index in [4.69, 9.17) is 4.98 Å². The van der Waals surface area contributed by atoms with Gasteiger partial charge in [0.1, 0.15) is 11.4 Å². The molecule has 2 aromatic heterocycles. The largest absolute Gasteiger partial charge is 0.338 e. The minimum atomic E-state index is -0.550. The summed E-state index contributed by atoms with van der Waals surface area (Å²) in [6, 6.07) is 20.9. The zero-order chi connectivity index (χ0) is 29.7. The maximum atomic E-state index is 13.3. The predicted molar refractivity (Wildman–Crippen MR) is 166 cm³/mol. The fraction of sp³-hybridized carbons (Fsp3) is 0.471. The van der Waals surface area contributed by atoms with E-state index >= 15 is 0 Å². The normalized spacial score (nSPS) is 23.6. The van der Waals surface area contributed by atoms with Crippen molar-refractivity contribution in [3.05, 3.63) is 98.6 Å². The van der Waals surface area contributed by atoms with E-state index in [0.29, 0.717) is 31.2 Å². The molecule has 0 aliphatic carbocycles. The Kier molecular flexibility index (Phi) is 7.08. The number of carbonyl (C=O) groups excluding carboxylic acids is 1. The van der Waals surface area contributed by atoms with Crippen LogP contribution in [0, 0.1) is 6.92 Å². The van der Waals surface area contributed by atoms with Gasteiger partial charge in [0.2, 0.25) is 0 Å². The molecule has 9 nitrogen and oxygen atoms in total. The van der Waals surface area contributed by atoms with Crippen molar-refractivity contribution in [3.63, 3.8) is 0 Å². The van der Waals surface area contributed by atoms with E-state index in [2.05, 4.69) is 76.0 Å². The summed E-state index contributed by atoms with van der Waals surface area (Å²) >= 11 is 0. The van der Waals surface area contributed by atoms with Crippen LogP contribution in [0.5, 0.6) is 0 Å². The number of para-hydroxylation sites is 2. The van der Waals surface area contributed by atoms with Crippen molar-refractivity contribution in [1.29, 1.82) is 0 Å². The molecule has 224 valence electrons. The fourth-order valence-corrected chi connectivity index (χ4v) is 8.29. The number of hydrogen-bond donors (Lipinski definition) is 1. The van der Waals surface area contributed by atoms with Crippen LogP contribution in [-0.2, 0) is 12.5 Å². The molecule has 0 spiro atoms. The molecular formula is C34H40N6O3.